The molecule has 1 heterocycles. The summed E-state index contributed by atoms with van der Waals surface area (Å²) in [6.45, 7) is 2.31. The minimum Gasteiger partial charge on any atom is -0.326 e. The smallest absolute Gasteiger partial charge is 0.224 e. The summed E-state index contributed by atoms with van der Waals surface area (Å²) in [5.74, 6) is 1.70. The van der Waals surface area contributed by atoms with Crippen LogP contribution in [0.25, 0.3) is 0 Å². The Hall–Kier alpha value is -1.35. The van der Waals surface area contributed by atoms with Crippen molar-refractivity contribution >= 4 is 11.6 Å². The molecule has 3 heteroatoms. The predicted octanol–water partition coefficient (Wildman–Crippen LogP) is 4.53. The molecule has 2 aliphatic rings. The van der Waals surface area contributed by atoms with E-state index in [0.717, 1.165) is 36.9 Å². The number of benzene rings is 1. The van der Waals surface area contributed by atoms with Gasteiger partial charge in [-0.3, -0.25) is 4.79 Å². The summed E-state index contributed by atoms with van der Waals surface area (Å²) in [6, 6.07) is 8.46. The zero-order valence-electron chi connectivity index (χ0n) is 14.9. The van der Waals surface area contributed by atoms with Gasteiger partial charge in [0.1, 0.15) is 0 Å². The van der Waals surface area contributed by atoms with E-state index < -0.39 is 0 Å². The van der Waals surface area contributed by atoms with Crippen LogP contribution in [0.15, 0.2) is 24.3 Å². The number of carbonyl (C=O) groups excluding carboxylic acids is 1. The lowest BCUT2D eigenvalue weighted by Crippen LogP contribution is -2.30. The Morgan fingerprint density at radius 2 is 1.75 bits per heavy atom. The molecular formula is C21H32N2O. The van der Waals surface area contributed by atoms with Gasteiger partial charge in [-0.05, 0) is 68.3 Å². The minimum absolute atomic E-state index is 0.171. The Morgan fingerprint density at radius 3 is 2.46 bits per heavy atom. The van der Waals surface area contributed by atoms with E-state index in [9.17, 15) is 4.79 Å². The van der Waals surface area contributed by atoms with Crippen LogP contribution in [0.2, 0.25) is 0 Å². The van der Waals surface area contributed by atoms with E-state index in [0.29, 0.717) is 6.42 Å². The van der Waals surface area contributed by atoms with Gasteiger partial charge in [0.05, 0.1) is 0 Å². The second-order valence-electron chi connectivity index (χ2n) is 7.70. The number of nitrogens with one attached hydrogen (secondary N) is 2. The molecule has 132 valence electrons. The van der Waals surface area contributed by atoms with Crippen molar-refractivity contribution in [2.75, 3.05) is 18.4 Å². The summed E-state index contributed by atoms with van der Waals surface area (Å²) in [5.41, 5.74) is 2.32. The van der Waals surface area contributed by atoms with Gasteiger partial charge < -0.3 is 10.6 Å². The average molecular weight is 329 g/mol. The summed E-state index contributed by atoms with van der Waals surface area (Å²) >= 11 is 0. The van der Waals surface area contributed by atoms with E-state index in [1.165, 1.54) is 57.1 Å². The highest BCUT2D eigenvalue weighted by atomic mass is 16.1. The molecule has 2 N–H and O–H groups in total. The Labute approximate surface area is 146 Å². The maximum atomic E-state index is 12.1. The second-order valence-corrected chi connectivity index (χ2v) is 7.70. The largest absolute Gasteiger partial charge is 0.326 e. The van der Waals surface area contributed by atoms with Gasteiger partial charge in [-0.15, -0.1) is 0 Å². The van der Waals surface area contributed by atoms with Gasteiger partial charge in [-0.1, -0.05) is 44.2 Å². The van der Waals surface area contributed by atoms with Crippen molar-refractivity contribution in [1.82, 2.24) is 5.32 Å². The molecule has 3 rings (SSSR count). The minimum atomic E-state index is 0.171. The first-order valence-electron chi connectivity index (χ1n) is 9.89. The number of rotatable bonds is 6. The maximum Gasteiger partial charge on any atom is 0.224 e. The van der Waals surface area contributed by atoms with Gasteiger partial charge in [0, 0.05) is 12.1 Å². The molecule has 1 aromatic carbocycles. The van der Waals surface area contributed by atoms with Crippen LogP contribution < -0.4 is 10.6 Å². The molecule has 2 fully saturated rings. The molecule has 1 aliphatic heterocycles. The van der Waals surface area contributed by atoms with Gasteiger partial charge >= 0.3 is 0 Å². The van der Waals surface area contributed by atoms with Gasteiger partial charge in [0.25, 0.3) is 0 Å². The third kappa shape index (κ3) is 5.62. The number of anilines is 1. The fourth-order valence-corrected chi connectivity index (χ4v) is 4.19. The van der Waals surface area contributed by atoms with E-state index in [4.69, 9.17) is 0 Å². The van der Waals surface area contributed by atoms with Gasteiger partial charge in [-0.2, -0.15) is 0 Å². The number of hydrogen-bond donors (Lipinski definition) is 2. The molecule has 1 aliphatic carbocycles. The topological polar surface area (TPSA) is 41.1 Å². The third-order valence-electron chi connectivity index (χ3n) is 5.67. The Bertz CT molecular complexity index is 499. The quantitative estimate of drug-likeness (QED) is 0.805. The third-order valence-corrected chi connectivity index (χ3v) is 5.67. The molecule has 1 amide bonds. The molecule has 0 bridgehead atoms. The summed E-state index contributed by atoms with van der Waals surface area (Å²) in [6.07, 6.45) is 12.2. The van der Waals surface area contributed by atoms with E-state index in [-0.39, 0.29) is 5.91 Å². The Morgan fingerprint density at radius 1 is 1.00 bits per heavy atom. The molecule has 3 nitrogen and oxygen atoms in total. The van der Waals surface area contributed by atoms with Crippen LogP contribution in [0.4, 0.5) is 5.69 Å². The van der Waals surface area contributed by atoms with Gasteiger partial charge in [0.2, 0.25) is 5.91 Å². The number of carbonyl (C=O) groups is 1. The summed E-state index contributed by atoms with van der Waals surface area (Å²) in [7, 11) is 0. The monoisotopic (exact) mass is 328 g/mol. The lowest BCUT2D eigenvalue weighted by atomic mass is 9.86. The van der Waals surface area contributed by atoms with E-state index >= 15 is 0 Å². The molecule has 1 aromatic rings. The van der Waals surface area contributed by atoms with Crippen molar-refractivity contribution in [3.8, 4) is 0 Å². The highest BCUT2D eigenvalue weighted by Gasteiger charge is 2.15. The maximum absolute atomic E-state index is 12.1. The van der Waals surface area contributed by atoms with Crippen LogP contribution in [-0.2, 0) is 11.2 Å². The summed E-state index contributed by atoms with van der Waals surface area (Å²) < 4.78 is 0. The number of hydrogen-bond acceptors (Lipinski definition) is 2. The fourth-order valence-electron chi connectivity index (χ4n) is 4.19. The van der Waals surface area contributed by atoms with E-state index in [2.05, 4.69) is 34.9 Å². The van der Waals surface area contributed by atoms with Crippen molar-refractivity contribution in [3.05, 3.63) is 29.8 Å². The lowest BCUT2D eigenvalue weighted by Gasteiger charge is -2.22. The van der Waals surface area contributed by atoms with E-state index in [1.54, 1.807) is 0 Å². The zero-order valence-corrected chi connectivity index (χ0v) is 14.9. The highest BCUT2D eigenvalue weighted by Crippen LogP contribution is 2.27. The Kier molecular flexibility index (Phi) is 6.71. The standard InChI is InChI=1S/C21H32N2O/c24-21(13-10-17-5-2-1-3-6-17)23-20-11-8-18(9-12-20)15-19-7-4-14-22-16-19/h8-9,11-12,17,19,22H,1-7,10,13-16H2,(H,23,24). The lowest BCUT2D eigenvalue weighted by molar-refractivity contribution is -0.116. The highest BCUT2D eigenvalue weighted by molar-refractivity contribution is 5.90. The first kappa shape index (κ1) is 17.5. The van der Waals surface area contributed by atoms with E-state index in [1.807, 2.05) is 0 Å². The molecular weight excluding hydrogens is 296 g/mol. The second kappa shape index (κ2) is 9.22. The van der Waals surface area contributed by atoms with Crippen molar-refractivity contribution < 1.29 is 4.79 Å². The molecule has 0 spiro atoms. The van der Waals surface area contributed by atoms with Gasteiger partial charge in [0.15, 0.2) is 0 Å². The average Bonchev–Trinajstić information content (AvgIpc) is 2.63. The molecule has 1 unspecified atom stereocenters. The molecule has 0 aromatic heterocycles. The van der Waals surface area contributed by atoms with Gasteiger partial charge in [-0.25, -0.2) is 0 Å². The predicted molar refractivity (Wildman–Crippen MR) is 100 cm³/mol. The van der Waals surface area contributed by atoms with Crippen molar-refractivity contribution in [3.63, 3.8) is 0 Å². The first-order valence-corrected chi connectivity index (χ1v) is 9.89. The molecule has 24 heavy (non-hydrogen) atoms. The fraction of sp³-hybridized carbons (Fsp3) is 0.667. The zero-order chi connectivity index (χ0) is 16.6. The van der Waals surface area contributed by atoms with Crippen LogP contribution in [0.1, 0.15) is 63.4 Å². The SMILES string of the molecule is O=C(CCC1CCCCC1)Nc1ccc(CC2CCCNC2)cc1. The first-order chi connectivity index (χ1) is 11.8. The van der Waals surface area contributed by atoms with Crippen molar-refractivity contribution in [1.29, 1.82) is 0 Å². The van der Waals surface area contributed by atoms with Crippen LogP contribution in [0, 0.1) is 11.8 Å². The molecule has 1 atom stereocenters. The summed E-state index contributed by atoms with van der Waals surface area (Å²) in [5, 5.41) is 6.54. The van der Waals surface area contributed by atoms with Crippen LogP contribution in [-0.4, -0.2) is 19.0 Å². The molecule has 1 saturated heterocycles. The van der Waals surface area contributed by atoms with Crippen molar-refractivity contribution in [2.24, 2.45) is 11.8 Å². The normalized spacial score (nSPS) is 22.2. The van der Waals surface area contributed by atoms with Crippen LogP contribution >= 0.6 is 0 Å². The number of amides is 1. The van der Waals surface area contributed by atoms with Crippen LogP contribution in [0.3, 0.4) is 0 Å². The van der Waals surface area contributed by atoms with Crippen LogP contribution in [0.5, 0.6) is 0 Å². The molecule has 1 saturated carbocycles. The number of piperidine rings is 1. The Balaban J connectivity index is 1.40. The molecule has 0 radical (unpaired) electrons. The summed E-state index contributed by atoms with van der Waals surface area (Å²) in [4.78, 5) is 12.1. The van der Waals surface area contributed by atoms with Crippen molar-refractivity contribution in [2.45, 2.75) is 64.2 Å².